The van der Waals surface area contributed by atoms with Gasteiger partial charge in [-0.05, 0) is 18.2 Å². The smallest absolute Gasteiger partial charge is 0.403 e. The fourth-order valence-electron chi connectivity index (χ4n) is 1.89. The molecule has 0 bridgehead atoms. The number of halogens is 4. The van der Waals surface area contributed by atoms with Crippen molar-refractivity contribution in [3.63, 3.8) is 0 Å². The summed E-state index contributed by atoms with van der Waals surface area (Å²) in [5.74, 6) is -2.61. The van der Waals surface area contributed by atoms with Crippen LogP contribution in [0.3, 0.4) is 0 Å². The first-order valence-corrected chi connectivity index (χ1v) is 5.92. The van der Waals surface area contributed by atoms with Gasteiger partial charge in [-0.2, -0.15) is 0 Å². The minimum atomic E-state index is -5.00. The average Bonchev–Trinajstić information content (AvgIpc) is 2.40. The van der Waals surface area contributed by atoms with Gasteiger partial charge in [0, 0.05) is 31.7 Å². The second-order valence-electron chi connectivity index (χ2n) is 4.24. The van der Waals surface area contributed by atoms with Gasteiger partial charge in [0.25, 0.3) is 5.91 Å². The second kappa shape index (κ2) is 5.66. The Labute approximate surface area is 112 Å². The first kappa shape index (κ1) is 14.6. The largest absolute Gasteiger partial charge is 0.573 e. The van der Waals surface area contributed by atoms with Crippen LogP contribution in [0.4, 0.5) is 17.6 Å². The minimum absolute atomic E-state index is 0.0347. The number of piperazine rings is 1. The number of hydrogen-bond donors (Lipinski definition) is 1. The molecule has 8 heteroatoms. The molecule has 0 aliphatic carbocycles. The molecule has 1 N–H and O–H groups in total. The number of alkyl halides is 3. The van der Waals surface area contributed by atoms with Gasteiger partial charge in [-0.15, -0.1) is 13.2 Å². The first-order valence-electron chi connectivity index (χ1n) is 5.92. The third-order valence-electron chi connectivity index (χ3n) is 2.81. The van der Waals surface area contributed by atoms with Gasteiger partial charge in [-0.25, -0.2) is 4.39 Å². The standard InChI is InChI=1S/C12H12F4N2O2/c13-9-2-1-8(7-10(9)20-12(14,15)16)11(19)18-5-3-17-4-6-18/h1-2,7,17H,3-6H2. The van der Waals surface area contributed by atoms with Gasteiger partial charge in [-0.1, -0.05) is 0 Å². The predicted molar refractivity (Wildman–Crippen MR) is 61.9 cm³/mol. The lowest BCUT2D eigenvalue weighted by Gasteiger charge is -2.27. The number of amides is 1. The number of nitrogens with zero attached hydrogens (tertiary/aromatic N) is 1. The Morgan fingerprint density at radius 1 is 1.25 bits per heavy atom. The van der Waals surface area contributed by atoms with Gasteiger partial charge < -0.3 is 15.0 Å². The average molecular weight is 292 g/mol. The molecule has 1 aliphatic heterocycles. The monoisotopic (exact) mass is 292 g/mol. The minimum Gasteiger partial charge on any atom is -0.403 e. The number of rotatable bonds is 2. The molecule has 1 heterocycles. The molecule has 20 heavy (non-hydrogen) atoms. The van der Waals surface area contributed by atoms with Crippen LogP contribution in [0.1, 0.15) is 10.4 Å². The number of ether oxygens (including phenoxy) is 1. The van der Waals surface area contributed by atoms with Crippen LogP contribution in [0.2, 0.25) is 0 Å². The van der Waals surface area contributed by atoms with Crippen molar-refractivity contribution >= 4 is 5.91 Å². The summed E-state index contributed by atoms with van der Waals surface area (Å²) in [7, 11) is 0. The molecule has 0 radical (unpaired) electrons. The third kappa shape index (κ3) is 3.60. The summed E-state index contributed by atoms with van der Waals surface area (Å²) in [5, 5.41) is 3.05. The van der Waals surface area contributed by atoms with E-state index >= 15 is 0 Å². The normalized spacial score (nSPS) is 16.1. The van der Waals surface area contributed by atoms with Gasteiger partial charge in [-0.3, -0.25) is 4.79 Å². The van der Waals surface area contributed by atoms with Crippen molar-refractivity contribution < 1.29 is 27.1 Å². The molecular weight excluding hydrogens is 280 g/mol. The molecule has 0 saturated carbocycles. The van der Waals surface area contributed by atoms with Gasteiger partial charge >= 0.3 is 6.36 Å². The van der Waals surface area contributed by atoms with E-state index in [0.29, 0.717) is 26.2 Å². The summed E-state index contributed by atoms with van der Waals surface area (Å²) in [5.41, 5.74) is -0.0347. The number of hydrogen-bond acceptors (Lipinski definition) is 3. The molecule has 1 saturated heterocycles. The molecule has 4 nitrogen and oxygen atoms in total. The molecule has 0 unspecified atom stereocenters. The van der Waals surface area contributed by atoms with Crippen LogP contribution in [0.5, 0.6) is 5.75 Å². The van der Waals surface area contributed by atoms with Crippen LogP contribution < -0.4 is 10.1 Å². The van der Waals surface area contributed by atoms with Crippen molar-refractivity contribution in [3.8, 4) is 5.75 Å². The molecule has 0 aromatic heterocycles. The van der Waals surface area contributed by atoms with E-state index in [1.54, 1.807) is 0 Å². The zero-order chi connectivity index (χ0) is 14.8. The van der Waals surface area contributed by atoms with E-state index in [4.69, 9.17) is 0 Å². The molecule has 0 spiro atoms. The summed E-state index contributed by atoms with van der Waals surface area (Å²) >= 11 is 0. The summed E-state index contributed by atoms with van der Waals surface area (Å²) in [6.45, 7) is 2.12. The number of nitrogens with one attached hydrogen (secondary N) is 1. The van der Waals surface area contributed by atoms with E-state index in [-0.39, 0.29) is 5.56 Å². The van der Waals surface area contributed by atoms with Crippen molar-refractivity contribution in [3.05, 3.63) is 29.6 Å². The highest BCUT2D eigenvalue weighted by Crippen LogP contribution is 2.26. The first-order chi connectivity index (χ1) is 9.37. The van der Waals surface area contributed by atoms with E-state index in [1.165, 1.54) is 4.90 Å². The Balaban J connectivity index is 2.19. The molecule has 1 aromatic carbocycles. The quantitative estimate of drug-likeness (QED) is 0.845. The summed E-state index contributed by atoms with van der Waals surface area (Å²) in [6, 6.07) is 2.70. The van der Waals surface area contributed by atoms with Crippen molar-refractivity contribution in [2.45, 2.75) is 6.36 Å². The number of carbonyl (C=O) groups excluding carboxylic acids is 1. The van der Waals surface area contributed by atoms with Crippen LogP contribution in [0.15, 0.2) is 18.2 Å². The number of carbonyl (C=O) groups is 1. The van der Waals surface area contributed by atoms with E-state index in [1.807, 2.05) is 0 Å². The SMILES string of the molecule is O=C(c1ccc(F)c(OC(F)(F)F)c1)N1CCNCC1. The molecule has 110 valence electrons. The molecule has 2 rings (SSSR count). The Kier molecular flexibility index (Phi) is 4.12. The van der Waals surface area contributed by atoms with Gasteiger partial charge in [0.2, 0.25) is 0 Å². The molecule has 1 fully saturated rings. The lowest BCUT2D eigenvalue weighted by molar-refractivity contribution is -0.275. The Hall–Kier alpha value is -1.83. The Bertz CT molecular complexity index is 499. The lowest BCUT2D eigenvalue weighted by Crippen LogP contribution is -2.46. The highest BCUT2D eigenvalue weighted by molar-refractivity contribution is 5.94. The summed E-state index contributed by atoms with van der Waals surface area (Å²) in [6.07, 6.45) is -5.00. The Morgan fingerprint density at radius 2 is 1.90 bits per heavy atom. The zero-order valence-corrected chi connectivity index (χ0v) is 10.3. The van der Waals surface area contributed by atoms with E-state index in [2.05, 4.69) is 10.1 Å². The van der Waals surface area contributed by atoms with Gasteiger partial charge in [0.05, 0.1) is 0 Å². The van der Waals surface area contributed by atoms with Crippen LogP contribution in [0.25, 0.3) is 0 Å². The highest BCUT2D eigenvalue weighted by atomic mass is 19.4. The second-order valence-corrected chi connectivity index (χ2v) is 4.24. The van der Waals surface area contributed by atoms with Gasteiger partial charge in [0.15, 0.2) is 11.6 Å². The molecule has 1 aromatic rings. The van der Waals surface area contributed by atoms with Crippen molar-refractivity contribution in [1.82, 2.24) is 10.2 Å². The molecular formula is C12H12F4N2O2. The van der Waals surface area contributed by atoms with Crippen LogP contribution in [-0.2, 0) is 0 Å². The van der Waals surface area contributed by atoms with Crippen molar-refractivity contribution in [1.29, 1.82) is 0 Å². The number of benzene rings is 1. The zero-order valence-electron chi connectivity index (χ0n) is 10.3. The molecule has 1 aliphatic rings. The maximum atomic E-state index is 13.2. The van der Waals surface area contributed by atoms with Crippen LogP contribution >= 0.6 is 0 Å². The van der Waals surface area contributed by atoms with Crippen LogP contribution in [0, 0.1) is 5.82 Å². The van der Waals surface area contributed by atoms with E-state index in [0.717, 1.165) is 18.2 Å². The van der Waals surface area contributed by atoms with Crippen molar-refractivity contribution in [2.75, 3.05) is 26.2 Å². The third-order valence-corrected chi connectivity index (χ3v) is 2.81. The molecule has 1 amide bonds. The molecule has 0 atom stereocenters. The summed E-state index contributed by atoms with van der Waals surface area (Å²) in [4.78, 5) is 13.6. The maximum absolute atomic E-state index is 13.2. The van der Waals surface area contributed by atoms with E-state index < -0.39 is 23.8 Å². The maximum Gasteiger partial charge on any atom is 0.573 e. The fraction of sp³-hybridized carbons (Fsp3) is 0.417. The fourth-order valence-corrected chi connectivity index (χ4v) is 1.89. The van der Waals surface area contributed by atoms with Crippen molar-refractivity contribution in [2.24, 2.45) is 0 Å². The summed E-state index contributed by atoms with van der Waals surface area (Å²) < 4.78 is 53.1. The predicted octanol–water partition coefficient (Wildman–Crippen LogP) is 1.77. The Morgan fingerprint density at radius 3 is 2.50 bits per heavy atom. The topological polar surface area (TPSA) is 41.6 Å². The lowest BCUT2D eigenvalue weighted by atomic mass is 10.1. The van der Waals surface area contributed by atoms with Gasteiger partial charge in [0.1, 0.15) is 0 Å². The van der Waals surface area contributed by atoms with E-state index in [9.17, 15) is 22.4 Å². The highest BCUT2D eigenvalue weighted by Gasteiger charge is 2.33. The van der Waals surface area contributed by atoms with Crippen LogP contribution in [-0.4, -0.2) is 43.3 Å².